The Bertz CT molecular complexity index is 688. The van der Waals surface area contributed by atoms with Crippen LogP contribution in [0.4, 0.5) is 0 Å². The van der Waals surface area contributed by atoms with Gasteiger partial charge in [0.25, 0.3) is 5.56 Å². The van der Waals surface area contributed by atoms with E-state index in [0.29, 0.717) is 6.54 Å². The predicted octanol–water partition coefficient (Wildman–Crippen LogP) is 1.31. The zero-order valence-corrected chi connectivity index (χ0v) is 12.6. The number of rotatable bonds is 4. The van der Waals surface area contributed by atoms with Gasteiger partial charge in [0, 0.05) is 37.8 Å². The number of H-pyrrole nitrogens is 2. The average Bonchev–Trinajstić information content (AvgIpc) is 2.85. The van der Waals surface area contributed by atoms with Crippen molar-refractivity contribution in [3.05, 3.63) is 45.2 Å². The molecule has 6 nitrogen and oxygen atoms in total. The van der Waals surface area contributed by atoms with Gasteiger partial charge in [0.15, 0.2) is 0 Å². The summed E-state index contributed by atoms with van der Waals surface area (Å²) in [7, 11) is 0. The van der Waals surface area contributed by atoms with Gasteiger partial charge in [0.2, 0.25) is 0 Å². The van der Waals surface area contributed by atoms with Crippen LogP contribution in [0.3, 0.4) is 0 Å². The molecule has 112 valence electrons. The van der Waals surface area contributed by atoms with Crippen LogP contribution in [0, 0.1) is 6.92 Å². The molecular weight excluding hydrogens is 266 g/mol. The first-order valence-corrected chi connectivity index (χ1v) is 7.49. The summed E-state index contributed by atoms with van der Waals surface area (Å²) in [6, 6.07) is 0. The molecule has 0 aromatic carbocycles. The maximum Gasteiger partial charge on any atom is 0.255 e. The summed E-state index contributed by atoms with van der Waals surface area (Å²) in [5.74, 6) is 1.76. The molecular formula is C15H21N5O. The van der Waals surface area contributed by atoms with E-state index in [4.69, 9.17) is 0 Å². The Kier molecular flexibility index (Phi) is 3.88. The lowest BCUT2D eigenvalue weighted by Crippen LogP contribution is -2.36. The van der Waals surface area contributed by atoms with Crippen LogP contribution in [0.2, 0.25) is 0 Å². The first-order chi connectivity index (χ1) is 10.2. The molecule has 0 atom stereocenters. The Balaban J connectivity index is 1.77. The van der Waals surface area contributed by atoms with Crippen molar-refractivity contribution in [1.82, 2.24) is 24.8 Å². The van der Waals surface area contributed by atoms with Gasteiger partial charge in [0.1, 0.15) is 11.6 Å². The summed E-state index contributed by atoms with van der Waals surface area (Å²) in [5.41, 5.74) is 2.85. The quantitative estimate of drug-likeness (QED) is 0.889. The van der Waals surface area contributed by atoms with Crippen molar-refractivity contribution in [2.75, 3.05) is 6.54 Å². The normalized spacial score (nSPS) is 15.1. The van der Waals surface area contributed by atoms with Gasteiger partial charge in [-0.25, -0.2) is 9.97 Å². The van der Waals surface area contributed by atoms with E-state index in [0.717, 1.165) is 61.0 Å². The second-order valence-electron chi connectivity index (χ2n) is 5.66. The molecule has 21 heavy (non-hydrogen) atoms. The lowest BCUT2D eigenvalue weighted by molar-refractivity contribution is 0.236. The Hall–Kier alpha value is -1.95. The van der Waals surface area contributed by atoms with Gasteiger partial charge in [-0.2, -0.15) is 0 Å². The fraction of sp³-hybridized carbons (Fsp3) is 0.533. The minimum Gasteiger partial charge on any atom is -0.345 e. The van der Waals surface area contributed by atoms with Crippen molar-refractivity contribution in [1.29, 1.82) is 0 Å². The second-order valence-corrected chi connectivity index (χ2v) is 5.66. The minimum atomic E-state index is 0.0174. The van der Waals surface area contributed by atoms with Crippen LogP contribution in [0.25, 0.3) is 0 Å². The molecule has 0 saturated carbocycles. The molecule has 2 aromatic heterocycles. The highest BCUT2D eigenvalue weighted by molar-refractivity contribution is 5.21. The highest BCUT2D eigenvalue weighted by Crippen LogP contribution is 2.15. The lowest BCUT2D eigenvalue weighted by Gasteiger charge is -2.26. The first-order valence-electron chi connectivity index (χ1n) is 7.49. The topological polar surface area (TPSA) is 77.7 Å². The molecule has 1 aliphatic heterocycles. The number of fused-ring (bicyclic) bond motifs is 1. The van der Waals surface area contributed by atoms with Gasteiger partial charge >= 0.3 is 0 Å². The van der Waals surface area contributed by atoms with Crippen molar-refractivity contribution in [2.24, 2.45) is 0 Å². The Morgan fingerprint density at radius 2 is 2.19 bits per heavy atom. The van der Waals surface area contributed by atoms with Crippen LogP contribution in [0.15, 0.2) is 11.0 Å². The number of nitrogens with one attached hydrogen (secondary N) is 2. The summed E-state index contributed by atoms with van der Waals surface area (Å²) < 4.78 is 0. The van der Waals surface area contributed by atoms with E-state index in [1.54, 1.807) is 0 Å². The maximum atomic E-state index is 12.2. The van der Waals surface area contributed by atoms with Gasteiger partial charge in [-0.3, -0.25) is 9.69 Å². The van der Waals surface area contributed by atoms with Gasteiger partial charge < -0.3 is 9.97 Å². The van der Waals surface area contributed by atoms with Gasteiger partial charge in [-0.15, -0.1) is 0 Å². The summed E-state index contributed by atoms with van der Waals surface area (Å²) in [5, 5.41) is 0. The zero-order valence-electron chi connectivity index (χ0n) is 12.6. The van der Waals surface area contributed by atoms with E-state index in [-0.39, 0.29) is 5.56 Å². The minimum absolute atomic E-state index is 0.0174. The van der Waals surface area contributed by atoms with E-state index in [9.17, 15) is 4.79 Å². The SMILES string of the molecule is CCCc1nc2c(c(=O)[nH]1)CN(Cc1ncc(C)[nH]1)CC2. The number of imidazole rings is 1. The van der Waals surface area contributed by atoms with Crippen LogP contribution in [-0.2, 0) is 25.9 Å². The van der Waals surface area contributed by atoms with Crippen LogP contribution >= 0.6 is 0 Å². The highest BCUT2D eigenvalue weighted by Gasteiger charge is 2.21. The molecule has 0 saturated heterocycles. The third kappa shape index (κ3) is 3.05. The highest BCUT2D eigenvalue weighted by atomic mass is 16.1. The fourth-order valence-corrected chi connectivity index (χ4v) is 2.78. The number of aryl methyl sites for hydroxylation is 2. The standard InChI is InChI=1S/C15H21N5O/c1-3-4-13-18-12-5-6-20(8-11(12)15(21)19-13)9-14-16-7-10(2)17-14/h7H,3-6,8-9H2,1-2H3,(H,16,17)(H,18,19,21). The fourth-order valence-electron chi connectivity index (χ4n) is 2.78. The van der Waals surface area contributed by atoms with Crippen LogP contribution in [0.1, 0.15) is 41.9 Å². The second kappa shape index (κ2) is 5.81. The molecule has 0 fully saturated rings. The molecule has 0 amide bonds. The zero-order chi connectivity index (χ0) is 14.8. The number of nitrogens with zero attached hydrogens (tertiary/aromatic N) is 3. The Morgan fingerprint density at radius 1 is 1.33 bits per heavy atom. The smallest absolute Gasteiger partial charge is 0.255 e. The molecule has 0 radical (unpaired) electrons. The molecule has 0 unspecified atom stereocenters. The van der Waals surface area contributed by atoms with E-state index < -0.39 is 0 Å². The number of hydrogen-bond donors (Lipinski definition) is 2. The third-order valence-electron chi connectivity index (χ3n) is 3.81. The molecule has 0 bridgehead atoms. The molecule has 3 heterocycles. The van der Waals surface area contributed by atoms with Gasteiger partial charge in [-0.05, 0) is 13.3 Å². The van der Waals surface area contributed by atoms with Crippen molar-refractivity contribution in [3.8, 4) is 0 Å². The first kappa shape index (κ1) is 14.0. The Labute approximate surface area is 123 Å². The van der Waals surface area contributed by atoms with E-state index in [2.05, 4.69) is 31.8 Å². The lowest BCUT2D eigenvalue weighted by atomic mass is 10.1. The van der Waals surface area contributed by atoms with Crippen LogP contribution in [-0.4, -0.2) is 31.4 Å². The van der Waals surface area contributed by atoms with Crippen molar-refractivity contribution in [3.63, 3.8) is 0 Å². The number of hydrogen-bond acceptors (Lipinski definition) is 4. The summed E-state index contributed by atoms with van der Waals surface area (Å²) in [6.45, 7) is 6.38. The molecule has 0 aliphatic carbocycles. The largest absolute Gasteiger partial charge is 0.345 e. The van der Waals surface area contributed by atoms with E-state index >= 15 is 0 Å². The summed E-state index contributed by atoms with van der Waals surface area (Å²) in [6.07, 6.45) is 4.48. The number of aromatic nitrogens is 4. The Morgan fingerprint density at radius 3 is 2.90 bits per heavy atom. The number of aromatic amines is 2. The average molecular weight is 287 g/mol. The molecule has 2 N–H and O–H groups in total. The van der Waals surface area contributed by atoms with Crippen LogP contribution in [0.5, 0.6) is 0 Å². The van der Waals surface area contributed by atoms with Gasteiger partial charge in [-0.1, -0.05) is 6.92 Å². The molecule has 0 spiro atoms. The van der Waals surface area contributed by atoms with Gasteiger partial charge in [0.05, 0.1) is 17.8 Å². The van der Waals surface area contributed by atoms with E-state index in [1.807, 2.05) is 13.1 Å². The molecule has 3 rings (SSSR count). The molecule has 2 aromatic rings. The van der Waals surface area contributed by atoms with Crippen molar-refractivity contribution < 1.29 is 0 Å². The van der Waals surface area contributed by atoms with Crippen LogP contribution < -0.4 is 5.56 Å². The van der Waals surface area contributed by atoms with E-state index in [1.165, 1.54) is 0 Å². The van der Waals surface area contributed by atoms with Crippen molar-refractivity contribution >= 4 is 0 Å². The summed E-state index contributed by atoms with van der Waals surface area (Å²) in [4.78, 5) is 29.5. The predicted molar refractivity (Wildman–Crippen MR) is 80.0 cm³/mol. The summed E-state index contributed by atoms with van der Waals surface area (Å²) >= 11 is 0. The third-order valence-corrected chi connectivity index (χ3v) is 3.81. The molecule has 1 aliphatic rings. The monoisotopic (exact) mass is 287 g/mol. The van der Waals surface area contributed by atoms with Crippen molar-refractivity contribution in [2.45, 2.75) is 46.2 Å². The molecule has 6 heteroatoms. The maximum absolute atomic E-state index is 12.2.